The Bertz CT molecular complexity index is 236. The summed E-state index contributed by atoms with van der Waals surface area (Å²) < 4.78 is 0. The molecule has 0 heterocycles. The van der Waals surface area contributed by atoms with Gasteiger partial charge in [0.2, 0.25) is 5.91 Å². The highest BCUT2D eigenvalue weighted by molar-refractivity contribution is 5.80. The second-order valence-electron chi connectivity index (χ2n) is 2.52. The molecular formula is C8H11N3O. The van der Waals surface area contributed by atoms with Crippen LogP contribution in [0.25, 0.3) is 0 Å². The minimum atomic E-state index is -0.617. The molecule has 1 unspecified atom stereocenters. The van der Waals surface area contributed by atoms with E-state index in [0.717, 1.165) is 0 Å². The molecule has 0 rings (SSSR count). The topological polar surface area (TPSA) is 67.9 Å². The summed E-state index contributed by atoms with van der Waals surface area (Å²) in [5.41, 5.74) is 0. The lowest BCUT2D eigenvalue weighted by Crippen LogP contribution is -2.31. The largest absolute Gasteiger partial charge is 0.344 e. The number of nitrogens with zero attached hydrogens (tertiary/aromatic N) is 3. The van der Waals surface area contributed by atoms with Crippen LogP contribution in [0.15, 0.2) is 0 Å². The van der Waals surface area contributed by atoms with Crippen LogP contribution in [-0.2, 0) is 4.79 Å². The zero-order chi connectivity index (χ0) is 9.56. The zero-order valence-corrected chi connectivity index (χ0v) is 7.24. The number of amides is 1. The summed E-state index contributed by atoms with van der Waals surface area (Å²) in [4.78, 5) is 12.6. The molecule has 0 aromatic rings. The normalized spacial score (nSPS) is 11.0. The third-order valence-corrected chi connectivity index (χ3v) is 1.50. The Morgan fingerprint density at radius 1 is 1.58 bits per heavy atom. The average Bonchev–Trinajstić information content (AvgIpc) is 2.11. The predicted molar refractivity (Wildman–Crippen MR) is 42.6 cm³/mol. The third kappa shape index (κ3) is 3.03. The molecular weight excluding hydrogens is 154 g/mol. The highest BCUT2D eigenvalue weighted by Gasteiger charge is 2.15. The number of nitriles is 2. The molecule has 0 aromatic carbocycles. The lowest BCUT2D eigenvalue weighted by atomic mass is 10.2. The van der Waals surface area contributed by atoms with Gasteiger partial charge in [-0.15, -0.1) is 0 Å². The first-order chi connectivity index (χ1) is 5.63. The van der Waals surface area contributed by atoms with Gasteiger partial charge in [0.15, 0.2) is 0 Å². The van der Waals surface area contributed by atoms with Crippen molar-refractivity contribution >= 4 is 5.91 Å². The van der Waals surface area contributed by atoms with Gasteiger partial charge in [-0.25, -0.2) is 0 Å². The van der Waals surface area contributed by atoms with Crippen molar-refractivity contribution < 1.29 is 4.79 Å². The highest BCUT2D eigenvalue weighted by Crippen LogP contribution is 1.99. The minimum Gasteiger partial charge on any atom is -0.344 e. The van der Waals surface area contributed by atoms with Gasteiger partial charge in [0.05, 0.1) is 18.6 Å². The van der Waals surface area contributed by atoms with Crippen molar-refractivity contribution in [2.45, 2.75) is 13.3 Å². The molecule has 0 aliphatic carbocycles. The van der Waals surface area contributed by atoms with Crippen molar-refractivity contribution in [2.24, 2.45) is 5.92 Å². The standard InChI is InChI=1S/C8H11N3O/c1-7(6-10)8(12)11(2)5-3-4-9/h7H,3,5H2,1-2H3. The van der Waals surface area contributed by atoms with E-state index < -0.39 is 5.92 Å². The summed E-state index contributed by atoms with van der Waals surface area (Å²) in [5.74, 6) is -0.846. The van der Waals surface area contributed by atoms with E-state index in [-0.39, 0.29) is 5.91 Å². The van der Waals surface area contributed by atoms with Crippen LogP contribution in [0.3, 0.4) is 0 Å². The van der Waals surface area contributed by atoms with E-state index in [0.29, 0.717) is 13.0 Å². The quantitative estimate of drug-likeness (QED) is 0.612. The first-order valence-corrected chi connectivity index (χ1v) is 3.65. The maximum Gasteiger partial charge on any atom is 0.239 e. The number of hydrogen-bond acceptors (Lipinski definition) is 3. The van der Waals surface area contributed by atoms with Crippen molar-refractivity contribution in [2.75, 3.05) is 13.6 Å². The van der Waals surface area contributed by atoms with Crippen LogP contribution in [-0.4, -0.2) is 24.4 Å². The fraction of sp³-hybridized carbons (Fsp3) is 0.625. The van der Waals surface area contributed by atoms with E-state index in [4.69, 9.17) is 10.5 Å². The molecule has 0 N–H and O–H groups in total. The van der Waals surface area contributed by atoms with Crippen molar-refractivity contribution in [1.29, 1.82) is 10.5 Å². The van der Waals surface area contributed by atoms with Crippen LogP contribution in [0.5, 0.6) is 0 Å². The second kappa shape index (κ2) is 5.15. The molecule has 0 radical (unpaired) electrons. The summed E-state index contributed by atoms with van der Waals surface area (Å²) in [7, 11) is 1.59. The minimum absolute atomic E-state index is 0.229. The number of rotatable bonds is 3. The maximum absolute atomic E-state index is 11.2. The summed E-state index contributed by atoms with van der Waals surface area (Å²) in [6.45, 7) is 1.94. The Kier molecular flexibility index (Phi) is 4.48. The zero-order valence-electron chi connectivity index (χ0n) is 7.24. The Morgan fingerprint density at radius 2 is 2.17 bits per heavy atom. The van der Waals surface area contributed by atoms with Gasteiger partial charge < -0.3 is 4.90 Å². The lowest BCUT2D eigenvalue weighted by Gasteiger charge is -2.15. The number of carbonyl (C=O) groups is 1. The van der Waals surface area contributed by atoms with Crippen molar-refractivity contribution in [3.05, 3.63) is 0 Å². The molecule has 1 amide bonds. The monoisotopic (exact) mass is 165 g/mol. The third-order valence-electron chi connectivity index (χ3n) is 1.50. The van der Waals surface area contributed by atoms with Crippen LogP contribution in [0.4, 0.5) is 0 Å². The molecule has 0 aliphatic rings. The van der Waals surface area contributed by atoms with Gasteiger partial charge in [-0.1, -0.05) is 0 Å². The summed E-state index contributed by atoms with van der Waals surface area (Å²) in [5, 5.41) is 16.7. The number of hydrogen-bond donors (Lipinski definition) is 0. The molecule has 0 aromatic heterocycles. The molecule has 0 fully saturated rings. The van der Waals surface area contributed by atoms with E-state index in [1.807, 2.05) is 12.1 Å². The van der Waals surface area contributed by atoms with Gasteiger partial charge >= 0.3 is 0 Å². The SMILES string of the molecule is CC(C#N)C(=O)N(C)CCC#N. The van der Waals surface area contributed by atoms with Gasteiger partial charge in [0.25, 0.3) is 0 Å². The van der Waals surface area contributed by atoms with Crippen molar-refractivity contribution in [1.82, 2.24) is 4.90 Å². The summed E-state index contributed by atoms with van der Waals surface area (Å²) in [6, 6.07) is 3.78. The van der Waals surface area contributed by atoms with Crippen LogP contribution < -0.4 is 0 Å². The molecule has 0 aliphatic heterocycles. The maximum atomic E-state index is 11.2. The molecule has 12 heavy (non-hydrogen) atoms. The average molecular weight is 165 g/mol. The predicted octanol–water partition coefficient (Wildman–Crippen LogP) is 0.518. The molecule has 1 atom stereocenters. The van der Waals surface area contributed by atoms with Gasteiger partial charge in [-0.3, -0.25) is 4.79 Å². The Hall–Kier alpha value is -1.55. The van der Waals surface area contributed by atoms with E-state index in [1.165, 1.54) is 4.90 Å². The molecule has 0 saturated carbocycles. The Labute approximate surface area is 72.0 Å². The Morgan fingerprint density at radius 3 is 2.58 bits per heavy atom. The van der Waals surface area contributed by atoms with E-state index >= 15 is 0 Å². The molecule has 0 saturated heterocycles. The molecule has 0 bridgehead atoms. The highest BCUT2D eigenvalue weighted by atomic mass is 16.2. The smallest absolute Gasteiger partial charge is 0.239 e. The lowest BCUT2D eigenvalue weighted by molar-refractivity contribution is -0.131. The summed E-state index contributed by atoms with van der Waals surface area (Å²) in [6.07, 6.45) is 0.306. The van der Waals surface area contributed by atoms with E-state index in [9.17, 15) is 4.79 Å². The van der Waals surface area contributed by atoms with Crippen LogP contribution in [0.2, 0.25) is 0 Å². The van der Waals surface area contributed by atoms with Crippen molar-refractivity contribution in [3.8, 4) is 12.1 Å². The fourth-order valence-electron chi connectivity index (χ4n) is 0.714. The van der Waals surface area contributed by atoms with E-state index in [1.54, 1.807) is 14.0 Å². The first-order valence-electron chi connectivity index (χ1n) is 3.65. The van der Waals surface area contributed by atoms with Crippen molar-refractivity contribution in [3.63, 3.8) is 0 Å². The van der Waals surface area contributed by atoms with Crippen LogP contribution >= 0.6 is 0 Å². The van der Waals surface area contributed by atoms with Gasteiger partial charge in [0, 0.05) is 13.6 Å². The Balaban J connectivity index is 3.96. The first kappa shape index (κ1) is 10.4. The molecule has 64 valence electrons. The summed E-state index contributed by atoms with van der Waals surface area (Å²) >= 11 is 0. The number of carbonyl (C=O) groups excluding carboxylic acids is 1. The van der Waals surface area contributed by atoms with Gasteiger partial charge in [-0.2, -0.15) is 10.5 Å². The molecule has 4 heteroatoms. The fourth-order valence-corrected chi connectivity index (χ4v) is 0.714. The van der Waals surface area contributed by atoms with Crippen LogP contribution in [0.1, 0.15) is 13.3 Å². The van der Waals surface area contributed by atoms with Gasteiger partial charge in [0.1, 0.15) is 5.92 Å². The van der Waals surface area contributed by atoms with E-state index in [2.05, 4.69) is 0 Å². The molecule has 0 spiro atoms. The van der Waals surface area contributed by atoms with Gasteiger partial charge in [-0.05, 0) is 6.92 Å². The second-order valence-corrected chi connectivity index (χ2v) is 2.52. The van der Waals surface area contributed by atoms with Crippen LogP contribution in [0, 0.1) is 28.6 Å². The molecule has 4 nitrogen and oxygen atoms in total.